The summed E-state index contributed by atoms with van der Waals surface area (Å²) in [4.78, 5) is 0. The maximum absolute atomic E-state index is 5.39. The van der Waals surface area contributed by atoms with Crippen LogP contribution in [0.3, 0.4) is 0 Å². The van der Waals surface area contributed by atoms with E-state index < -0.39 is 0 Å². The zero-order valence-corrected chi connectivity index (χ0v) is 9.47. The molecule has 0 aromatic rings. The average Bonchev–Trinajstić information content (AvgIpc) is 2.03. The van der Waals surface area contributed by atoms with Crippen LogP contribution in [-0.2, 0) is 0 Å². The molecule has 0 heterocycles. The lowest BCUT2D eigenvalue weighted by Crippen LogP contribution is -1.99. The molecule has 0 saturated heterocycles. The molecule has 0 saturated carbocycles. The second-order valence-electron chi connectivity index (χ2n) is 2.74. The van der Waals surface area contributed by atoms with Crippen molar-refractivity contribution >= 4 is 17.8 Å². The van der Waals surface area contributed by atoms with Crippen LogP contribution < -0.4 is 5.73 Å². The lowest BCUT2D eigenvalue weighted by Gasteiger charge is -1.99. The Hall–Kier alpha value is 0.820. The first-order valence-corrected chi connectivity index (χ1v) is 6.75. The summed E-state index contributed by atoms with van der Waals surface area (Å²) < 4.78 is 0. The maximum Gasteiger partial charge on any atom is -0.00740 e. The van der Waals surface area contributed by atoms with Gasteiger partial charge in [-0.15, -0.1) is 17.8 Å². The summed E-state index contributed by atoms with van der Waals surface area (Å²) in [5.74, 6) is 0. The lowest BCUT2D eigenvalue weighted by atomic mass is 10.3. The third kappa shape index (κ3) is 10.8. The van der Waals surface area contributed by atoms with Crippen molar-refractivity contribution < 1.29 is 0 Å². The Bertz CT molecular complexity index is 61.1. The molecular weight excluding hydrogens is 172 g/mol. The summed E-state index contributed by atoms with van der Waals surface area (Å²) in [5.41, 5.74) is 5.39. The van der Waals surface area contributed by atoms with E-state index in [1.54, 1.807) is 0 Å². The highest BCUT2D eigenvalue weighted by molar-refractivity contribution is 7.37. The zero-order valence-electron chi connectivity index (χ0n) is 7.31. The topological polar surface area (TPSA) is 26.0 Å². The first-order chi connectivity index (χ1) is 5.41. The zero-order chi connectivity index (χ0) is 8.36. The molecule has 0 bridgehead atoms. The van der Waals surface area contributed by atoms with Crippen molar-refractivity contribution in [1.82, 2.24) is 0 Å². The molecule has 0 fully saturated rings. The van der Waals surface area contributed by atoms with Gasteiger partial charge in [0.15, 0.2) is 0 Å². The van der Waals surface area contributed by atoms with E-state index in [1.807, 2.05) is 0 Å². The minimum Gasteiger partial charge on any atom is -0.330 e. The van der Waals surface area contributed by atoms with Crippen LogP contribution in [0.25, 0.3) is 0 Å². The number of unbranched alkanes of at least 4 members (excludes halogenated alkanes) is 2. The van der Waals surface area contributed by atoms with E-state index in [2.05, 4.69) is 9.24 Å². The SMILES string of the molecule is NCCCPCCCCCP. The predicted octanol–water partition coefficient (Wildman–Crippen LogP) is 2.06. The van der Waals surface area contributed by atoms with Crippen LogP contribution in [0.2, 0.25) is 0 Å². The van der Waals surface area contributed by atoms with Crippen molar-refractivity contribution in [2.45, 2.75) is 25.7 Å². The van der Waals surface area contributed by atoms with Crippen LogP contribution in [0.1, 0.15) is 25.7 Å². The molecule has 11 heavy (non-hydrogen) atoms. The monoisotopic (exact) mass is 193 g/mol. The molecule has 2 atom stereocenters. The van der Waals surface area contributed by atoms with Gasteiger partial charge in [-0.2, -0.15) is 0 Å². The Labute approximate surface area is 74.9 Å². The summed E-state index contributed by atoms with van der Waals surface area (Å²) in [6.07, 6.45) is 9.51. The Morgan fingerprint density at radius 2 is 1.73 bits per heavy atom. The fourth-order valence-corrected chi connectivity index (χ4v) is 2.42. The summed E-state index contributed by atoms with van der Waals surface area (Å²) in [5, 5.41) is 0. The quantitative estimate of drug-likeness (QED) is 0.463. The van der Waals surface area contributed by atoms with Gasteiger partial charge in [0, 0.05) is 0 Å². The van der Waals surface area contributed by atoms with Gasteiger partial charge in [-0.25, -0.2) is 0 Å². The molecule has 2 N–H and O–H groups in total. The van der Waals surface area contributed by atoms with Gasteiger partial charge in [0.1, 0.15) is 0 Å². The molecule has 0 rings (SSSR count). The summed E-state index contributed by atoms with van der Waals surface area (Å²) in [6, 6.07) is 0. The van der Waals surface area contributed by atoms with Crippen LogP contribution in [0, 0.1) is 0 Å². The highest BCUT2D eigenvalue weighted by Gasteiger charge is 1.88. The number of hydrogen-bond acceptors (Lipinski definition) is 1. The molecule has 68 valence electrons. The number of nitrogens with two attached hydrogens (primary N) is 1. The molecule has 3 heteroatoms. The summed E-state index contributed by atoms with van der Waals surface area (Å²) >= 11 is 0. The van der Waals surface area contributed by atoms with Crippen molar-refractivity contribution in [2.24, 2.45) is 5.73 Å². The van der Waals surface area contributed by atoms with Gasteiger partial charge in [-0.3, -0.25) is 0 Å². The molecular formula is C8H21NP2. The minimum absolute atomic E-state index is 0.874. The third-order valence-corrected chi connectivity index (χ3v) is 3.44. The molecule has 1 nitrogen and oxygen atoms in total. The van der Waals surface area contributed by atoms with E-state index in [1.165, 1.54) is 44.2 Å². The van der Waals surface area contributed by atoms with Crippen LogP contribution in [0.5, 0.6) is 0 Å². The molecule has 0 aliphatic rings. The molecule has 2 unspecified atom stereocenters. The Balaban J connectivity index is 2.69. The Morgan fingerprint density at radius 1 is 1.00 bits per heavy atom. The van der Waals surface area contributed by atoms with Gasteiger partial charge in [0.25, 0.3) is 0 Å². The predicted molar refractivity (Wildman–Crippen MR) is 60.1 cm³/mol. The van der Waals surface area contributed by atoms with Crippen LogP contribution in [-0.4, -0.2) is 25.0 Å². The van der Waals surface area contributed by atoms with Crippen LogP contribution in [0.4, 0.5) is 0 Å². The third-order valence-electron chi connectivity index (χ3n) is 1.62. The fraction of sp³-hybridized carbons (Fsp3) is 1.00. The first-order valence-electron chi connectivity index (χ1n) is 4.52. The Kier molecular flexibility index (Phi) is 11.6. The molecule has 0 aliphatic carbocycles. The molecule has 0 spiro atoms. The largest absolute Gasteiger partial charge is 0.330 e. The van der Waals surface area contributed by atoms with Gasteiger partial charge in [0.05, 0.1) is 0 Å². The van der Waals surface area contributed by atoms with Gasteiger partial charge >= 0.3 is 0 Å². The normalized spacial score (nSPS) is 11.5. The van der Waals surface area contributed by atoms with E-state index >= 15 is 0 Å². The van der Waals surface area contributed by atoms with E-state index in [0.717, 1.165) is 15.1 Å². The summed E-state index contributed by atoms with van der Waals surface area (Å²) in [6.45, 7) is 0.874. The van der Waals surface area contributed by atoms with Gasteiger partial charge < -0.3 is 5.73 Å². The van der Waals surface area contributed by atoms with Crippen molar-refractivity contribution in [3.05, 3.63) is 0 Å². The van der Waals surface area contributed by atoms with E-state index in [0.29, 0.717) is 0 Å². The Morgan fingerprint density at radius 3 is 2.36 bits per heavy atom. The number of rotatable bonds is 8. The van der Waals surface area contributed by atoms with E-state index in [-0.39, 0.29) is 0 Å². The smallest absolute Gasteiger partial charge is 0.00740 e. The highest BCUT2D eigenvalue weighted by Crippen LogP contribution is 2.14. The van der Waals surface area contributed by atoms with E-state index in [4.69, 9.17) is 5.73 Å². The second-order valence-corrected chi connectivity index (χ2v) is 4.82. The lowest BCUT2D eigenvalue weighted by molar-refractivity contribution is 0.783. The molecule has 0 amide bonds. The standard InChI is InChI=1S/C8H21NP2/c9-5-4-8-11-7-3-1-2-6-10/h11H,1-10H2. The maximum atomic E-state index is 5.39. The first kappa shape index (κ1) is 11.8. The minimum atomic E-state index is 0.874. The highest BCUT2D eigenvalue weighted by atomic mass is 31.1. The van der Waals surface area contributed by atoms with Crippen molar-refractivity contribution in [1.29, 1.82) is 0 Å². The second kappa shape index (κ2) is 10.8. The fourth-order valence-electron chi connectivity index (χ4n) is 0.923. The van der Waals surface area contributed by atoms with Crippen LogP contribution >= 0.6 is 17.8 Å². The van der Waals surface area contributed by atoms with Crippen LogP contribution in [0.15, 0.2) is 0 Å². The van der Waals surface area contributed by atoms with Crippen molar-refractivity contribution in [2.75, 3.05) is 25.0 Å². The van der Waals surface area contributed by atoms with Gasteiger partial charge in [-0.05, 0) is 44.3 Å². The van der Waals surface area contributed by atoms with Gasteiger partial charge in [0.2, 0.25) is 0 Å². The molecule has 0 aromatic heterocycles. The van der Waals surface area contributed by atoms with Gasteiger partial charge in [-0.1, -0.05) is 6.42 Å². The molecule has 0 aliphatic heterocycles. The average molecular weight is 193 g/mol. The van der Waals surface area contributed by atoms with Crippen molar-refractivity contribution in [3.63, 3.8) is 0 Å². The van der Waals surface area contributed by atoms with Crippen molar-refractivity contribution in [3.8, 4) is 0 Å². The van der Waals surface area contributed by atoms with E-state index in [9.17, 15) is 0 Å². The molecule has 0 radical (unpaired) electrons. The number of hydrogen-bond donors (Lipinski definition) is 1. The summed E-state index contributed by atoms with van der Waals surface area (Å²) in [7, 11) is 3.94. The molecule has 0 aromatic carbocycles.